The zero-order chi connectivity index (χ0) is 13.4. The molecule has 0 aromatic heterocycles. The highest BCUT2D eigenvalue weighted by atomic mass is 16.3. The first-order chi connectivity index (χ1) is 9.13. The summed E-state index contributed by atoms with van der Waals surface area (Å²) in [5, 5.41) is 10.5. The first-order valence-corrected chi connectivity index (χ1v) is 7.59. The quantitative estimate of drug-likeness (QED) is 0.893. The van der Waals surface area contributed by atoms with Gasteiger partial charge in [-0.3, -0.25) is 0 Å². The molecule has 2 heteroatoms. The summed E-state index contributed by atoms with van der Waals surface area (Å²) in [5.74, 6) is 2.63. The molecule has 2 saturated carbocycles. The summed E-state index contributed by atoms with van der Waals surface area (Å²) in [6, 6.07) is 8.32. The summed E-state index contributed by atoms with van der Waals surface area (Å²) in [6.45, 7) is 0. The van der Waals surface area contributed by atoms with Gasteiger partial charge in [0, 0.05) is 19.8 Å². The Morgan fingerprint density at radius 1 is 1.26 bits per heavy atom. The lowest BCUT2D eigenvalue weighted by atomic mass is 9.83. The predicted molar refractivity (Wildman–Crippen MR) is 79.3 cm³/mol. The van der Waals surface area contributed by atoms with Gasteiger partial charge in [-0.05, 0) is 61.1 Å². The van der Waals surface area contributed by atoms with E-state index in [0.29, 0.717) is 0 Å². The Hall–Kier alpha value is -1.02. The SMILES string of the molecule is CN(C)c1cccc(C(O)CC2CC3CCC2C3)c1. The molecule has 0 heterocycles. The van der Waals surface area contributed by atoms with Crippen molar-refractivity contribution in [1.82, 2.24) is 0 Å². The van der Waals surface area contributed by atoms with Gasteiger partial charge < -0.3 is 10.0 Å². The molecule has 2 nitrogen and oxygen atoms in total. The zero-order valence-electron chi connectivity index (χ0n) is 12.0. The van der Waals surface area contributed by atoms with Crippen LogP contribution in [0, 0.1) is 17.8 Å². The Bertz CT molecular complexity index is 443. The Labute approximate surface area is 116 Å². The molecule has 0 aliphatic heterocycles. The number of anilines is 1. The molecule has 0 radical (unpaired) electrons. The average molecular weight is 259 g/mol. The van der Waals surface area contributed by atoms with Crippen LogP contribution in [0.3, 0.4) is 0 Å². The van der Waals surface area contributed by atoms with Crippen LogP contribution in [0.5, 0.6) is 0 Å². The van der Waals surface area contributed by atoms with Crippen molar-refractivity contribution in [2.45, 2.75) is 38.2 Å². The van der Waals surface area contributed by atoms with Crippen LogP contribution < -0.4 is 4.90 Å². The molecule has 104 valence electrons. The highest BCUT2D eigenvalue weighted by Gasteiger charge is 2.40. The van der Waals surface area contributed by atoms with Gasteiger partial charge in [-0.1, -0.05) is 18.6 Å². The van der Waals surface area contributed by atoms with Crippen molar-refractivity contribution < 1.29 is 5.11 Å². The molecule has 19 heavy (non-hydrogen) atoms. The number of hydrogen-bond donors (Lipinski definition) is 1. The van der Waals surface area contributed by atoms with Gasteiger partial charge in [0.05, 0.1) is 6.10 Å². The highest BCUT2D eigenvalue weighted by molar-refractivity contribution is 5.47. The van der Waals surface area contributed by atoms with E-state index in [4.69, 9.17) is 0 Å². The fourth-order valence-electron chi connectivity index (χ4n) is 4.10. The Morgan fingerprint density at radius 2 is 2.11 bits per heavy atom. The first kappa shape index (κ1) is 13.0. The first-order valence-electron chi connectivity index (χ1n) is 7.59. The second-order valence-corrected chi connectivity index (χ2v) is 6.68. The topological polar surface area (TPSA) is 23.5 Å². The minimum atomic E-state index is -0.288. The third-order valence-electron chi connectivity index (χ3n) is 5.18. The van der Waals surface area contributed by atoms with Gasteiger partial charge in [-0.2, -0.15) is 0 Å². The van der Waals surface area contributed by atoms with Crippen LogP contribution in [0.25, 0.3) is 0 Å². The van der Waals surface area contributed by atoms with Crippen molar-refractivity contribution in [3.05, 3.63) is 29.8 Å². The van der Waals surface area contributed by atoms with Crippen molar-refractivity contribution in [3.8, 4) is 0 Å². The lowest BCUT2D eigenvalue weighted by Gasteiger charge is -2.25. The van der Waals surface area contributed by atoms with Gasteiger partial charge in [0.15, 0.2) is 0 Å². The molecular weight excluding hydrogens is 234 g/mol. The second-order valence-electron chi connectivity index (χ2n) is 6.68. The van der Waals surface area contributed by atoms with E-state index in [-0.39, 0.29) is 6.10 Å². The fraction of sp³-hybridized carbons (Fsp3) is 0.647. The fourth-order valence-corrected chi connectivity index (χ4v) is 4.10. The van der Waals surface area contributed by atoms with Crippen molar-refractivity contribution in [2.75, 3.05) is 19.0 Å². The Morgan fingerprint density at radius 3 is 2.74 bits per heavy atom. The van der Waals surface area contributed by atoms with Crippen LogP contribution in [0.4, 0.5) is 5.69 Å². The molecule has 2 aliphatic rings. The molecular formula is C17H25NO. The maximum absolute atomic E-state index is 10.5. The van der Waals surface area contributed by atoms with Crippen LogP contribution in [0.1, 0.15) is 43.8 Å². The molecule has 2 aliphatic carbocycles. The number of rotatable bonds is 4. The largest absolute Gasteiger partial charge is 0.388 e. The molecule has 1 N–H and O–H groups in total. The number of hydrogen-bond acceptors (Lipinski definition) is 2. The summed E-state index contributed by atoms with van der Waals surface area (Å²) in [6.07, 6.45) is 6.29. The smallest absolute Gasteiger partial charge is 0.0793 e. The number of aliphatic hydroxyl groups is 1. The Kier molecular flexibility index (Phi) is 3.53. The second kappa shape index (κ2) is 5.16. The van der Waals surface area contributed by atoms with E-state index in [1.807, 2.05) is 14.1 Å². The van der Waals surface area contributed by atoms with E-state index in [9.17, 15) is 5.11 Å². The van der Waals surface area contributed by atoms with Crippen molar-refractivity contribution >= 4 is 5.69 Å². The predicted octanol–water partition coefficient (Wildman–Crippen LogP) is 3.61. The summed E-state index contributed by atoms with van der Waals surface area (Å²) in [5.41, 5.74) is 2.25. The zero-order valence-corrected chi connectivity index (χ0v) is 12.0. The number of fused-ring (bicyclic) bond motifs is 2. The molecule has 4 atom stereocenters. The molecule has 2 fully saturated rings. The summed E-state index contributed by atoms with van der Waals surface area (Å²) >= 11 is 0. The van der Waals surface area contributed by atoms with Gasteiger partial charge in [0.1, 0.15) is 0 Å². The van der Waals surface area contributed by atoms with E-state index < -0.39 is 0 Å². The molecule has 4 unspecified atom stereocenters. The van der Waals surface area contributed by atoms with Crippen molar-refractivity contribution in [2.24, 2.45) is 17.8 Å². The van der Waals surface area contributed by atoms with E-state index in [2.05, 4.69) is 29.2 Å². The molecule has 1 aromatic rings. The third-order valence-corrected chi connectivity index (χ3v) is 5.18. The molecule has 0 spiro atoms. The van der Waals surface area contributed by atoms with Gasteiger partial charge in [0.25, 0.3) is 0 Å². The minimum absolute atomic E-state index is 0.288. The molecule has 1 aromatic carbocycles. The Balaban J connectivity index is 1.66. The molecule has 2 bridgehead atoms. The lowest BCUT2D eigenvalue weighted by Crippen LogP contribution is -2.15. The molecule has 0 amide bonds. The lowest BCUT2D eigenvalue weighted by molar-refractivity contribution is 0.125. The number of benzene rings is 1. The average Bonchev–Trinajstić information content (AvgIpc) is 3.01. The highest BCUT2D eigenvalue weighted by Crippen LogP contribution is 2.50. The summed E-state index contributed by atoms with van der Waals surface area (Å²) < 4.78 is 0. The van der Waals surface area contributed by atoms with Gasteiger partial charge in [-0.15, -0.1) is 0 Å². The van der Waals surface area contributed by atoms with E-state index in [1.54, 1.807) is 0 Å². The summed E-state index contributed by atoms with van der Waals surface area (Å²) in [7, 11) is 4.09. The third kappa shape index (κ3) is 2.64. The maximum Gasteiger partial charge on any atom is 0.0793 e. The van der Waals surface area contributed by atoms with Crippen molar-refractivity contribution in [3.63, 3.8) is 0 Å². The van der Waals surface area contributed by atoms with Gasteiger partial charge in [0.2, 0.25) is 0 Å². The van der Waals surface area contributed by atoms with Gasteiger partial charge >= 0.3 is 0 Å². The normalized spacial score (nSPS) is 30.6. The van der Waals surface area contributed by atoms with Gasteiger partial charge in [-0.25, -0.2) is 0 Å². The van der Waals surface area contributed by atoms with Crippen molar-refractivity contribution in [1.29, 1.82) is 0 Å². The molecule has 0 saturated heterocycles. The summed E-state index contributed by atoms with van der Waals surface area (Å²) in [4.78, 5) is 2.09. The maximum atomic E-state index is 10.5. The van der Waals surface area contributed by atoms with Crippen LogP contribution >= 0.6 is 0 Å². The number of aliphatic hydroxyl groups excluding tert-OH is 1. The van der Waals surface area contributed by atoms with Crippen LogP contribution in [-0.2, 0) is 0 Å². The minimum Gasteiger partial charge on any atom is -0.388 e. The van der Waals surface area contributed by atoms with Crippen LogP contribution in [-0.4, -0.2) is 19.2 Å². The van der Waals surface area contributed by atoms with E-state index in [0.717, 1.165) is 29.7 Å². The number of nitrogens with zero attached hydrogens (tertiary/aromatic N) is 1. The monoisotopic (exact) mass is 259 g/mol. The standard InChI is InChI=1S/C17H25NO/c1-18(2)16-5-3-4-14(10-16)17(19)11-15-9-12-6-7-13(15)8-12/h3-5,10,12-13,15,17,19H,6-9,11H2,1-2H3. The van der Waals surface area contributed by atoms with Crippen LogP contribution in [0.2, 0.25) is 0 Å². The van der Waals surface area contributed by atoms with Crippen LogP contribution in [0.15, 0.2) is 24.3 Å². The van der Waals surface area contributed by atoms with E-state index in [1.165, 1.54) is 31.4 Å². The van der Waals surface area contributed by atoms with E-state index >= 15 is 0 Å². The molecule has 3 rings (SSSR count).